The van der Waals surface area contributed by atoms with Crippen molar-refractivity contribution in [3.8, 4) is 0 Å². The van der Waals surface area contributed by atoms with Crippen molar-refractivity contribution in [3.63, 3.8) is 0 Å². The Bertz CT molecular complexity index is 356. The van der Waals surface area contributed by atoms with Gasteiger partial charge in [-0.05, 0) is 18.1 Å². The lowest BCUT2D eigenvalue weighted by atomic mass is 9.99. The maximum Gasteiger partial charge on any atom is 0.267 e. The second-order valence-corrected chi connectivity index (χ2v) is 3.09. The quantitative estimate of drug-likeness (QED) is 0.626. The Balaban J connectivity index is 0.000000980. The summed E-state index contributed by atoms with van der Waals surface area (Å²) in [7, 11) is 0. The molecule has 76 valence electrons. The summed E-state index contributed by atoms with van der Waals surface area (Å²) in [6.07, 6.45) is 0.492. The zero-order chi connectivity index (χ0) is 9.42. The third-order valence-electron chi connectivity index (χ3n) is 2.19. The van der Waals surface area contributed by atoms with E-state index in [1.165, 1.54) is 0 Å². The number of nitrogens with zero attached hydrogens (tertiary/aromatic N) is 1. The number of fused-ring (bicyclic) bond motifs is 1. The van der Waals surface area contributed by atoms with Crippen LogP contribution in [-0.2, 0) is 11.2 Å². The highest BCUT2D eigenvalue weighted by atomic mass is 35.5. The summed E-state index contributed by atoms with van der Waals surface area (Å²) >= 11 is 0. The molecule has 4 nitrogen and oxygen atoms in total. The molecule has 0 fully saturated rings. The van der Waals surface area contributed by atoms with Gasteiger partial charge in [-0.2, -0.15) is 5.06 Å². The van der Waals surface area contributed by atoms with Crippen LogP contribution >= 0.6 is 12.4 Å². The normalized spacial score (nSPS) is 20.0. The molecular formula is C9H11ClN2O2. The third-order valence-corrected chi connectivity index (χ3v) is 2.19. The molecule has 1 amide bonds. The fraction of sp³-hybridized carbons (Fsp3) is 0.222. The first kappa shape index (κ1) is 11.0. The summed E-state index contributed by atoms with van der Waals surface area (Å²) in [5, 5.41) is 10.0. The van der Waals surface area contributed by atoms with E-state index in [-0.39, 0.29) is 12.4 Å². The zero-order valence-corrected chi connectivity index (χ0v) is 8.20. The lowest BCUT2D eigenvalue weighted by Crippen LogP contribution is -2.47. The molecule has 0 bridgehead atoms. The molecule has 0 aliphatic carbocycles. The minimum Gasteiger partial charge on any atom is -0.320 e. The molecule has 1 aliphatic heterocycles. The van der Waals surface area contributed by atoms with Gasteiger partial charge in [0.05, 0.1) is 11.7 Å². The van der Waals surface area contributed by atoms with Gasteiger partial charge in [0.2, 0.25) is 0 Å². The number of para-hydroxylation sites is 1. The van der Waals surface area contributed by atoms with Crippen LogP contribution in [0.1, 0.15) is 5.56 Å². The molecule has 1 aromatic carbocycles. The number of hydrogen-bond acceptors (Lipinski definition) is 3. The predicted octanol–water partition coefficient (Wildman–Crippen LogP) is 0.714. The van der Waals surface area contributed by atoms with Crippen LogP contribution in [0.15, 0.2) is 24.3 Å². The van der Waals surface area contributed by atoms with Crippen LogP contribution in [0.5, 0.6) is 0 Å². The van der Waals surface area contributed by atoms with Gasteiger partial charge in [-0.15, -0.1) is 12.4 Å². The van der Waals surface area contributed by atoms with E-state index in [9.17, 15) is 10.0 Å². The van der Waals surface area contributed by atoms with Gasteiger partial charge in [0.15, 0.2) is 0 Å². The number of carbonyl (C=O) groups excluding carboxylic acids is 1. The van der Waals surface area contributed by atoms with E-state index in [0.29, 0.717) is 17.2 Å². The Morgan fingerprint density at radius 2 is 2.07 bits per heavy atom. The van der Waals surface area contributed by atoms with Crippen LogP contribution in [0.3, 0.4) is 0 Å². The highest BCUT2D eigenvalue weighted by Gasteiger charge is 2.28. The van der Waals surface area contributed by atoms with E-state index in [4.69, 9.17) is 5.73 Å². The molecule has 14 heavy (non-hydrogen) atoms. The fourth-order valence-electron chi connectivity index (χ4n) is 1.49. The topological polar surface area (TPSA) is 66.6 Å². The molecule has 0 spiro atoms. The minimum absolute atomic E-state index is 0. The number of carbonyl (C=O) groups is 1. The molecular weight excluding hydrogens is 204 g/mol. The lowest BCUT2D eigenvalue weighted by Gasteiger charge is -2.27. The van der Waals surface area contributed by atoms with Crippen LogP contribution in [0, 0.1) is 0 Å². The molecule has 1 atom stereocenters. The van der Waals surface area contributed by atoms with Crippen molar-refractivity contribution in [2.24, 2.45) is 5.73 Å². The maximum atomic E-state index is 11.2. The smallest absolute Gasteiger partial charge is 0.267 e. The van der Waals surface area contributed by atoms with Crippen molar-refractivity contribution >= 4 is 24.0 Å². The molecule has 0 radical (unpaired) electrons. The monoisotopic (exact) mass is 214 g/mol. The second kappa shape index (κ2) is 3.96. The summed E-state index contributed by atoms with van der Waals surface area (Å²) in [4.78, 5) is 11.2. The Labute approximate surface area is 87.7 Å². The molecule has 1 heterocycles. The van der Waals surface area contributed by atoms with E-state index < -0.39 is 11.9 Å². The van der Waals surface area contributed by atoms with Crippen molar-refractivity contribution < 1.29 is 10.0 Å². The molecule has 0 unspecified atom stereocenters. The number of amides is 1. The number of halogens is 1. The predicted molar refractivity (Wildman–Crippen MR) is 54.6 cm³/mol. The first-order chi connectivity index (χ1) is 6.20. The summed E-state index contributed by atoms with van der Waals surface area (Å²) in [6, 6.07) is 6.55. The van der Waals surface area contributed by atoms with E-state index in [1.54, 1.807) is 12.1 Å². The number of hydroxylamine groups is 1. The van der Waals surface area contributed by atoms with Gasteiger partial charge in [0, 0.05) is 0 Å². The molecule has 1 aromatic rings. The highest BCUT2D eigenvalue weighted by Crippen LogP contribution is 2.25. The lowest BCUT2D eigenvalue weighted by molar-refractivity contribution is -0.125. The van der Waals surface area contributed by atoms with Crippen LogP contribution in [-0.4, -0.2) is 17.2 Å². The van der Waals surface area contributed by atoms with E-state index in [0.717, 1.165) is 5.56 Å². The first-order valence-corrected chi connectivity index (χ1v) is 4.06. The van der Waals surface area contributed by atoms with Crippen molar-refractivity contribution in [2.75, 3.05) is 5.06 Å². The average Bonchev–Trinajstić information content (AvgIpc) is 2.15. The number of hydrogen-bond donors (Lipinski definition) is 2. The highest BCUT2D eigenvalue weighted by molar-refractivity contribution is 5.97. The molecule has 0 aromatic heterocycles. The molecule has 0 saturated carbocycles. The average molecular weight is 215 g/mol. The van der Waals surface area contributed by atoms with Crippen LogP contribution < -0.4 is 10.8 Å². The molecule has 3 N–H and O–H groups in total. The SMILES string of the molecule is Cl.N[C@H]1Cc2ccccc2N(O)C1=O. The second-order valence-electron chi connectivity index (χ2n) is 3.09. The van der Waals surface area contributed by atoms with Crippen LogP contribution in [0.2, 0.25) is 0 Å². The Morgan fingerprint density at radius 3 is 2.79 bits per heavy atom. The van der Waals surface area contributed by atoms with Gasteiger partial charge < -0.3 is 5.73 Å². The maximum absolute atomic E-state index is 11.2. The van der Waals surface area contributed by atoms with Crippen molar-refractivity contribution in [1.29, 1.82) is 0 Å². The third kappa shape index (κ3) is 1.59. The van der Waals surface area contributed by atoms with Gasteiger partial charge >= 0.3 is 0 Å². The molecule has 2 rings (SSSR count). The minimum atomic E-state index is -0.625. The Kier molecular flexibility index (Phi) is 3.10. The van der Waals surface area contributed by atoms with Crippen molar-refractivity contribution in [1.82, 2.24) is 0 Å². The van der Waals surface area contributed by atoms with E-state index >= 15 is 0 Å². The molecule has 0 saturated heterocycles. The zero-order valence-electron chi connectivity index (χ0n) is 7.38. The Hall–Kier alpha value is -1.10. The number of anilines is 1. The summed E-state index contributed by atoms with van der Waals surface area (Å²) in [6.45, 7) is 0. The number of rotatable bonds is 0. The summed E-state index contributed by atoms with van der Waals surface area (Å²) in [5.41, 5.74) is 6.97. The first-order valence-electron chi connectivity index (χ1n) is 4.06. The number of benzene rings is 1. The fourth-order valence-corrected chi connectivity index (χ4v) is 1.49. The van der Waals surface area contributed by atoms with Gasteiger partial charge in [-0.1, -0.05) is 18.2 Å². The molecule has 1 aliphatic rings. The largest absolute Gasteiger partial charge is 0.320 e. The van der Waals surface area contributed by atoms with Gasteiger partial charge in [-0.3, -0.25) is 10.0 Å². The van der Waals surface area contributed by atoms with Crippen LogP contribution in [0.4, 0.5) is 5.69 Å². The van der Waals surface area contributed by atoms with Crippen molar-refractivity contribution in [2.45, 2.75) is 12.5 Å². The number of nitrogens with two attached hydrogens (primary N) is 1. The summed E-state index contributed by atoms with van der Waals surface area (Å²) < 4.78 is 0. The molecule has 5 heteroatoms. The van der Waals surface area contributed by atoms with Crippen molar-refractivity contribution in [3.05, 3.63) is 29.8 Å². The van der Waals surface area contributed by atoms with Crippen LogP contribution in [0.25, 0.3) is 0 Å². The standard InChI is InChI=1S/C9H10N2O2.ClH/c10-7-5-6-3-1-2-4-8(6)11(13)9(7)12;/h1-4,7,13H,5,10H2;1H/t7-;/m0./s1. The summed E-state index contributed by atoms with van der Waals surface area (Å²) in [5.74, 6) is -0.446. The Morgan fingerprint density at radius 1 is 1.43 bits per heavy atom. The van der Waals surface area contributed by atoms with Gasteiger partial charge in [0.1, 0.15) is 0 Å². The van der Waals surface area contributed by atoms with Gasteiger partial charge in [-0.25, -0.2) is 0 Å². The van der Waals surface area contributed by atoms with E-state index in [2.05, 4.69) is 0 Å². The van der Waals surface area contributed by atoms with Gasteiger partial charge in [0.25, 0.3) is 5.91 Å². The van der Waals surface area contributed by atoms with E-state index in [1.807, 2.05) is 12.1 Å².